The number of rotatable bonds is 1. The van der Waals surface area contributed by atoms with Crippen molar-refractivity contribution >= 4 is 29.6 Å². The molecule has 3 aromatic rings. The van der Waals surface area contributed by atoms with Crippen molar-refractivity contribution in [3.05, 3.63) is 72.3 Å². The Morgan fingerprint density at radius 3 is 2.30 bits per heavy atom. The van der Waals surface area contributed by atoms with Crippen LogP contribution in [0.15, 0.2) is 66.7 Å². The van der Waals surface area contributed by atoms with Gasteiger partial charge in [0.15, 0.2) is 0 Å². The number of hydrogen-bond acceptors (Lipinski definition) is 4. The third kappa shape index (κ3) is 2.36. The molecule has 3 aliphatic rings. The Morgan fingerprint density at radius 1 is 0.800 bits per heavy atom. The quantitative estimate of drug-likeness (QED) is 0.572. The molecular formula is C25H25BN2O2. The third-order valence-corrected chi connectivity index (χ3v) is 7.07. The fraction of sp³-hybridized carbons (Fsp3) is 0.280. The molecular weight excluding hydrogens is 371 g/mol. The van der Waals surface area contributed by atoms with Gasteiger partial charge in [0, 0.05) is 11.1 Å². The monoisotopic (exact) mass is 396 g/mol. The molecule has 6 rings (SSSR count). The van der Waals surface area contributed by atoms with Crippen LogP contribution in [0.25, 0.3) is 11.1 Å². The van der Waals surface area contributed by atoms with Crippen LogP contribution in [0.3, 0.4) is 0 Å². The predicted octanol–water partition coefficient (Wildman–Crippen LogP) is 5.23. The number of hydrogen-bond donors (Lipinski definition) is 1. The molecule has 5 heteroatoms. The minimum atomic E-state index is -0.367. The van der Waals surface area contributed by atoms with Gasteiger partial charge in [-0.2, -0.15) is 0 Å². The van der Waals surface area contributed by atoms with Crippen LogP contribution in [0, 0.1) is 0 Å². The van der Waals surface area contributed by atoms with E-state index in [0.29, 0.717) is 0 Å². The average Bonchev–Trinajstić information content (AvgIpc) is 3.22. The highest BCUT2D eigenvalue weighted by Gasteiger charge is 2.52. The second kappa shape index (κ2) is 5.90. The zero-order valence-electron chi connectivity index (χ0n) is 17.8. The van der Waals surface area contributed by atoms with Gasteiger partial charge < -0.3 is 19.5 Å². The molecule has 3 heterocycles. The third-order valence-electron chi connectivity index (χ3n) is 7.07. The van der Waals surface area contributed by atoms with Crippen molar-refractivity contribution in [1.29, 1.82) is 0 Å². The highest BCUT2D eigenvalue weighted by Crippen LogP contribution is 2.53. The normalized spacial score (nSPS) is 22.1. The summed E-state index contributed by atoms with van der Waals surface area (Å²) in [6, 6.07) is 23.8. The largest absolute Gasteiger partial charge is 0.494 e. The first-order valence-corrected chi connectivity index (χ1v) is 10.6. The second-order valence-corrected chi connectivity index (χ2v) is 9.39. The summed E-state index contributed by atoms with van der Waals surface area (Å²) >= 11 is 0. The molecule has 3 aromatic carbocycles. The van der Waals surface area contributed by atoms with E-state index in [-0.39, 0.29) is 24.5 Å². The SMILES string of the molecule is CC1(C)OB(c2ccc3c(c2)-c2ccccc2C2Nc4ccccc4N32)OC1(C)C. The highest BCUT2D eigenvalue weighted by molar-refractivity contribution is 6.62. The van der Waals surface area contributed by atoms with E-state index in [1.54, 1.807) is 0 Å². The van der Waals surface area contributed by atoms with Crippen LogP contribution < -0.4 is 15.7 Å². The molecule has 0 aliphatic carbocycles. The molecule has 4 nitrogen and oxygen atoms in total. The summed E-state index contributed by atoms with van der Waals surface area (Å²) in [6.45, 7) is 8.38. The maximum Gasteiger partial charge on any atom is 0.494 e. The Morgan fingerprint density at radius 2 is 1.50 bits per heavy atom. The summed E-state index contributed by atoms with van der Waals surface area (Å²) in [7, 11) is -0.367. The first-order chi connectivity index (χ1) is 14.4. The number of para-hydroxylation sites is 2. The van der Waals surface area contributed by atoms with Gasteiger partial charge >= 0.3 is 7.12 Å². The second-order valence-electron chi connectivity index (χ2n) is 9.39. The standard InChI is InChI=1S/C25H25BN2O2/c1-24(2)25(3,4)30-26(29-24)16-13-14-21-19(15-16)17-9-5-6-10-18(17)23-27-20-11-7-8-12-22(20)28(21)23/h5-15,23,27H,1-4H3. The van der Waals surface area contributed by atoms with Crippen LogP contribution >= 0.6 is 0 Å². The zero-order valence-corrected chi connectivity index (χ0v) is 17.8. The van der Waals surface area contributed by atoms with Crippen molar-refractivity contribution < 1.29 is 9.31 Å². The molecule has 1 unspecified atom stereocenters. The number of fused-ring (bicyclic) bond motifs is 8. The molecule has 1 N–H and O–H groups in total. The van der Waals surface area contributed by atoms with Gasteiger partial charge in [0.05, 0.1) is 28.3 Å². The van der Waals surface area contributed by atoms with E-state index in [1.807, 2.05) is 0 Å². The van der Waals surface area contributed by atoms with Gasteiger partial charge in [-0.3, -0.25) is 0 Å². The molecule has 3 aliphatic heterocycles. The maximum absolute atomic E-state index is 6.32. The lowest BCUT2D eigenvalue weighted by Crippen LogP contribution is -2.41. The highest BCUT2D eigenvalue weighted by atomic mass is 16.7. The molecule has 0 spiro atoms. The van der Waals surface area contributed by atoms with E-state index in [0.717, 1.165) is 5.46 Å². The van der Waals surface area contributed by atoms with Gasteiger partial charge in [0.25, 0.3) is 0 Å². The molecule has 1 atom stereocenters. The summed E-state index contributed by atoms with van der Waals surface area (Å²) in [6.07, 6.45) is 0.105. The van der Waals surface area contributed by atoms with Gasteiger partial charge in [-0.1, -0.05) is 48.5 Å². The van der Waals surface area contributed by atoms with Crippen molar-refractivity contribution in [2.75, 3.05) is 10.2 Å². The van der Waals surface area contributed by atoms with Gasteiger partial charge in [-0.15, -0.1) is 0 Å². The number of nitrogens with zero attached hydrogens (tertiary/aromatic N) is 1. The van der Waals surface area contributed by atoms with Crippen molar-refractivity contribution in [2.45, 2.75) is 45.1 Å². The Kier molecular flexibility index (Phi) is 3.55. The summed E-state index contributed by atoms with van der Waals surface area (Å²) in [4.78, 5) is 2.40. The lowest BCUT2D eigenvalue weighted by molar-refractivity contribution is 0.00578. The molecule has 0 amide bonds. The van der Waals surface area contributed by atoms with Crippen LogP contribution in [0.1, 0.15) is 39.4 Å². The molecule has 0 radical (unpaired) electrons. The van der Waals surface area contributed by atoms with Crippen LogP contribution in [-0.4, -0.2) is 18.3 Å². The topological polar surface area (TPSA) is 33.7 Å². The lowest BCUT2D eigenvalue weighted by atomic mass is 9.76. The minimum Gasteiger partial charge on any atom is -0.399 e. The Hall–Kier alpha value is -2.76. The number of benzene rings is 3. The average molecular weight is 396 g/mol. The van der Waals surface area contributed by atoms with E-state index in [9.17, 15) is 0 Å². The molecule has 30 heavy (non-hydrogen) atoms. The smallest absolute Gasteiger partial charge is 0.399 e. The first kappa shape index (κ1) is 18.0. The van der Waals surface area contributed by atoms with E-state index in [1.165, 1.54) is 33.8 Å². The van der Waals surface area contributed by atoms with E-state index >= 15 is 0 Å². The fourth-order valence-corrected chi connectivity index (χ4v) is 4.73. The predicted molar refractivity (Wildman–Crippen MR) is 123 cm³/mol. The number of anilines is 3. The summed E-state index contributed by atoms with van der Waals surface area (Å²) < 4.78 is 12.6. The van der Waals surface area contributed by atoms with E-state index in [2.05, 4.69) is 105 Å². The fourth-order valence-electron chi connectivity index (χ4n) is 4.73. The van der Waals surface area contributed by atoms with Gasteiger partial charge in [0.2, 0.25) is 0 Å². The molecule has 150 valence electrons. The number of nitrogens with one attached hydrogen (secondary N) is 1. The van der Waals surface area contributed by atoms with Crippen LogP contribution in [-0.2, 0) is 9.31 Å². The van der Waals surface area contributed by atoms with Crippen molar-refractivity contribution in [3.63, 3.8) is 0 Å². The molecule has 1 fully saturated rings. The van der Waals surface area contributed by atoms with E-state index < -0.39 is 0 Å². The van der Waals surface area contributed by atoms with Crippen LogP contribution in [0.5, 0.6) is 0 Å². The molecule has 1 saturated heterocycles. The van der Waals surface area contributed by atoms with Crippen LogP contribution in [0.2, 0.25) is 0 Å². The summed E-state index contributed by atoms with van der Waals surface area (Å²) in [5, 5.41) is 3.70. The van der Waals surface area contributed by atoms with Gasteiger partial charge in [-0.25, -0.2) is 0 Å². The van der Waals surface area contributed by atoms with Crippen molar-refractivity contribution in [1.82, 2.24) is 0 Å². The zero-order chi connectivity index (χ0) is 20.7. The molecule has 0 saturated carbocycles. The molecule has 0 aromatic heterocycles. The molecule has 0 bridgehead atoms. The van der Waals surface area contributed by atoms with Crippen molar-refractivity contribution in [2.24, 2.45) is 0 Å². The van der Waals surface area contributed by atoms with Gasteiger partial charge in [0.1, 0.15) is 6.17 Å². The minimum absolute atomic E-state index is 0.105. The summed E-state index contributed by atoms with van der Waals surface area (Å²) in [5.41, 5.74) is 7.69. The Labute approximate surface area is 178 Å². The van der Waals surface area contributed by atoms with Crippen LogP contribution in [0.4, 0.5) is 17.1 Å². The Balaban J connectivity index is 1.51. The Bertz CT molecular complexity index is 1160. The first-order valence-electron chi connectivity index (χ1n) is 10.6. The summed E-state index contributed by atoms with van der Waals surface area (Å²) in [5.74, 6) is 0. The lowest BCUT2D eigenvalue weighted by Gasteiger charge is -2.35. The van der Waals surface area contributed by atoms with E-state index in [4.69, 9.17) is 9.31 Å². The maximum atomic E-state index is 6.32. The van der Waals surface area contributed by atoms with Gasteiger partial charge in [-0.05, 0) is 56.9 Å². The van der Waals surface area contributed by atoms with Crippen molar-refractivity contribution in [3.8, 4) is 11.1 Å².